The molecular weight excluding hydrogens is 370 g/mol. The highest BCUT2D eigenvalue weighted by Gasteiger charge is 2.17. The average Bonchev–Trinajstić information content (AvgIpc) is 3.13. The summed E-state index contributed by atoms with van der Waals surface area (Å²) in [4.78, 5) is 23.7. The van der Waals surface area contributed by atoms with E-state index in [-0.39, 0.29) is 19.4 Å². The van der Waals surface area contributed by atoms with Gasteiger partial charge in [-0.3, -0.25) is 4.79 Å². The highest BCUT2D eigenvalue weighted by Crippen LogP contribution is 2.34. The predicted molar refractivity (Wildman–Crippen MR) is 101 cm³/mol. The molecule has 3 rings (SSSR count). The lowest BCUT2D eigenvalue weighted by molar-refractivity contribution is -0.144. The molecule has 0 radical (unpaired) electrons. The van der Waals surface area contributed by atoms with Gasteiger partial charge in [-0.05, 0) is 48.4 Å². The monoisotopic (exact) mass is 387 g/mol. The fourth-order valence-electron chi connectivity index (χ4n) is 2.47. The third-order valence-corrected chi connectivity index (χ3v) is 4.15. The summed E-state index contributed by atoms with van der Waals surface area (Å²) in [6, 6.07) is 12.2. The standard InChI is InChI=1S/C20H18ClNO5/c1-13(15-5-8-17-18(10-15)27-12-26-17)22-19(23)11-25-20(24)9-4-14-2-6-16(21)7-3-14/h2-10,13H,11-12H2,1H3,(H,22,23)/b9-4+/t13-/m1/s1. The van der Waals surface area contributed by atoms with Crippen molar-refractivity contribution in [1.29, 1.82) is 0 Å². The van der Waals surface area contributed by atoms with E-state index < -0.39 is 11.9 Å². The molecule has 2 aromatic rings. The quantitative estimate of drug-likeness (QED) is 0.606. The van der Waals surface area contributed by atoms with Gasteiger partial charge in [-0.1, -0.05) is 29.8 Å². The Bertz CT molecular complexity index is 863. The van der Waals surface area contributed by atoms with E-state index in [1.807, 2.05) is 19.1 Å². The van der Waals surface area contributed by atoms with E-state index in [0.717, 1.165) is 11.1 Å². The summed E-state index contributed by atoms with van der Waals surface area (Å²) in [5, 5.41) is 3.39. The first kappa shape index (κ1) is 18.8. The van der Waals surface area contributed by atoms with Gasteiger partial charge in [0.15, 0.2) is 18.1 Å². The molecule has 0 spiro atoms. The van der Waals surface area contributed by atoms with Gasteiger partial charge >= 0.3 is 5.97 Å². The van der Waals surface area contributed by atoms with Crippen LogP contribution in [0.15, 0.2) is 48.5 Å². The zero-order valence-corrected chi connectivity index (χ0v) is 15.4. The molecule has 1 N–H and O–H groups in total. The molecule has 1 heterocycles. The maximum absolute atomic E-state index is 12.0. The Morgan fingerprint density at radius 3 is 2.70 bits per heavy atom. The second kappa shape index (κ2) is 8.60. The van der Waals surface area contributed by atoms with Gasteiger partial charge in [0.1, 0.15) is 0 Å². The number of hydrogen-bond donors (Lipinski definition) is 1. The Hall–Kier alpha value is -2.99. The van der Waals surface area contributed by atoms with Gasteiger partial charge in [-0.15, -0.1) is 0 Å². The van der Waals surface area contributed by atoms with Crippen LogP contribution < -0.4 is 14.8 Å². The number of rotatable bonds is 6. The lowest BCUT2D eigenvalue weighted by atomic mass is 10.1. The van der Waals surface area contributed by atoms with Crippen LogP contribution >= 0.6 is 11.6 Å². The minimum atomic E-state index is -0.601. The van der Waals surface area contributed by atoms with Crippen molar-refractivity contribution in [3.63, 3.8) is 0 Å². The van der Waals surface area contributed by atoms with Crippen LogP contribution in [-0.4, -0.2) is 25.3 Å². The molecule has 0 aliphatic carbocycles. The zero-order valence-electron chi connectivity index (χ0n) is 14.6. The molecule has 0 bridgehead atoms. The topological polar surface area (TPSA) is 73.9 Å². The van der Waals surface area contributed by atoms with Crippen molar-refractivity contribution in [3.8, 4) is 11.5 Å². The molecule has 6 nitrogen and oxygen atoms in total. The number of carbonyl (C=O) groups excluding carboxylic acids is 2. The summed E-state index contributed by atoms with van der Waals surface area (Å²) in [5.41, 5.74) is 1.67. The van der Waals surface area contributed by atoms with Crippen molar-refractivity contribution in [2.24, 2.45) is 0 Å². The fraction of sp³-hybridized carbons (Fsp3) is 0.200. The number of benzene rings is 2. The Morgan fingerprint density at radius 2 is 1.93 bits per heavy atom. The van der Waals surface area contributed by atoms with Crippen molar-refractivity contribution in [1.82, 2.24) is 5.32 Å². The zero-order chi connectivity index (χ0) is 19.2. The van der Waals surface area contributed by atoms with Crippen LogP contribution in [0.3, 0.4) is 0 Å². The third kappa shape index (κ3) is 5.24. The van der Waals surface area contributed by atoms with Crippen molar-refractivity contribution in [2.75, 3.05) is 13.4 Å². The van der Waals surface area contributed by atoms with E-state index in [1.54, 1.807) is 36.4 Å². The SMILES string of the molecule is C[C@@H](NC(=O)COC(=O)/C=C/c1ccc(Cl)cc1)c1ccc2c(c1)OCO2. The normalized spacial score (nSPS) is 13.4. The molecule has 7 heteroatoms. The van der Waals surface area contributed by atoms with E-state index in [0.29, 0.717) is 16.5 Å². The Labute approximate surface area is 161 Å². The van der Waals surface area contributed by atoms with Gasteiger partial charge in [0.25, 0.3) is 5.91 Å². The lowest BCUT2D eigenvalue weighted by Gasteiger charge is -2.14. The molecule has 1 amide bonds. The van der Waals surface area contributed by atoms with Crippen LogP contribution in [0.1, 0.15) is 24.1 Å². The molecule has 0 saturated carbocycles. The number of nitrogens with one attached hydrogen (secondary N) is 1. The molecule has 0 aromatic heterocycles. The van der Waals surface area contributed by atoms with Crippen molar-refractivity contribution < 1.29 is 23.8 Å². The minimum Gasteiger partial charge on any atom is -0.454 e. The first-order valence-electron chi connectivity index (χ1n) is 8.30. The molecule has 0 unspecified atom stereocenters. The summed E-state index contributed by atoms with van der Waals surface area (Å²) in [6.45, 7) is 1.66. The first-order valence-corrected chi connectivity index (χ1v) is 8.68. The lowest BCUT2D eigenvalue weighted by Crippen LogP contribution is -2.30. The van der Waals surface area contributed by atoms with Crippen LogP contribution in [0.25, 0.3) is 6.08 Å². The number of ether oxygens (including phenoxy) is 3. The van der Waals surface area contributed by atoms with E-state index in [2.05, 4.69) is 5.32 Å². The largest absolute Gasteiger partial charge is 0.454 e. The van der Waals surface area contributed by atoms with E-state index in [4.69, 9.17) is 25.8 Å². The molecule has 1 aliphatic rings. The number of halogens is 1. The molecule has 27 heavy (non-hydrogen) atoms. The Kier molecular flexibility index (Phi) is 5.98. The summed E-state index contributed by atoms with van der Waals surface area (Å²) in [7, 11) is 0. The van der Waals surface area contributed by atoms with Crippen LogP contribution in [-0.2, 0) is 14.3 Å². The van der Waals surface area contributed by atoms with E-state index >= 15 is 0 Å². The number of esters is 1. The molecule has 0 saturated heterocycles. The van der Waals surface area contributed by atoms with Gasteiger partial charge in [-0.2, -0.15) is 0 Å². The third-order valence-electron chi connectivity index (χ3n) is 3.90. The smallest absolute Gasteiger partial charge is 0.331 e. The predicted octanol–water partition coefficient (Wildman–Crippen LogP) is 3.50. The molecule has 1 aliphatic heterocycles. The molecule has 1 atom stereocenters. The molecule has 2 aromatic carbocycles. The highest BCUT2D eigenvalue weighted by atomic mass is 35.5. The summed E-state index contributed by atoms with van der Waals surface area (Å²) >= 11 is 5.80. The van der Waals surface area contributed by atoms with Gasteiger partial charge in [0, 0.05) is 11.1 Å². The van der Waals surface area contributed by atoms with E-state index in [9.17, 15) is 9.59 Å². The van der Waals surface area contributed by atoms with E-state index in [1.165, 1.54) is 6.08 Å². The number of carbonyl (C=O) groups is 2. The number of hydrogen-bond acceptors (Lipinski definition) is 5. The van der Waals surface area contributed by atoms with Gasteiger partial charge < -0.3 is 19.5 Å². The van der Waals surface area contributed by atoms with Crippen LogP contribution in [0.5, 0.6) is 11.5 Å². The van der Waals surface area contributed by atoms with Crippen LogP contribution in [0.2, 0.25) is 5.02 Å². The molecule has 0 fully saturated rings. The second-order valence-electron chi connectivity index (χ2n) is 5.89. The van der Waals surface area contributed by atoms with Gasteiger partial charge in [0.05, 0.1) is 6.04 Å². The summed E-state index contributed by atoms with van der Waals surface area (Å²) < 4.78 is 15.5. The Balaban J connectivity index is 1.46. The molecular formula is C20H18ClNO5. The maximum Gasteiger partial charge on any atom is 0.331 e. The van der Waals surface area contributed by atoms with Crippen molar-refractivity contribution in [3.05, 3.63) is 64.7 Å². The average molecular weight is 388 g/mol. The van der Waals surface area contributed by atoms with Crippen molar-refractivity contribution in [2.45, 2.75) is 13.0 Å². The van der Waals surface area contributed by atoms with Gasteiger partial charge in [-0.25, -0.2) is 4.79 Å². The Morgan fingerprint density at radius 1 is 1.19 bits per heavy atom. The molecule has 140 valence electrons. The number of amides is 1. The van der Waals surface area contributed by atoms with Crippen molar-refractivity contribution >= 4 is 29.6 Å². The second-order valence-corrected chi connectivity index (χ2v) is 6.33. The minimum absolute atomic E-state index is 0.193. The van der Waals surface area contributed by atoms with Gasteiger partial charge in [0.2, 0.25) is 6.79 Å². The maximum atomic E-state index is 12.0. The fourth-order valence-corrected chi connectivity index (χ4v) is 2.60. The summed E-state index contributed by atoms with van der Waals surface area (Å²) in [6.07, 6.45) is 2.85. The number of fused-ring (bicyclic) bond motifs is 1. The first-order chi connectivity index (χ1) is 13.0. The highest BCUT2D eigenvalue weighted by molar-refractivity contribution is 6.30. The summed E-state index contributed by atoms with van der Waals surface area (Å²) in [5.74, 6) is 0.329. The van der Waals surface area contributed by atoms with Crippen LogP contribution in [0, 0.1) is 0 Å². The van der Waals surface area contributed by atoms with Crippen LogP contribution in [0.4, 0.5) is 0 Å².